The van der Waals surface area contributed by atoms with Crippen molar-refractivity contribution >= 4 is 21.8 Å². The van der Waals surface area contributed by atoms with Crippen molar-refractivity contribution in [2.24, 2.45) is 0 Å². The molecule has 0 radical (unpaired) electrons. The van der Waals surface area contributed by atoms with E-state index in [1.165, 1.54) is 0 Å². The van der Waals surface area contributed by atoms with Gasteiger partial charge in [-0.05, 0) is 24.3 Å². The Balaban J connectivity index is 1.91. The molecule has 0 fully saturated rings. The largest absolute Gasteiger partial charge is 0.246 e. The van der Waals surface area contributed by atoms with Gasteiger partial charge in [0.15, 0.2) is 0 Å². The summed E-state index contributed by atoms with van der Waals surface area (Å²) < 4.78 is 0. The van der Waals surface area contributed by atoms with Gasteiger partial charge >= 0.3 is 0 Å². The van der Waals surface area contributed by atoms with Crippen molar-refractivity contribution in [3.63, 3.8) is 0 Å². The van der Waals surface area contributed by atoms with E-state index in [2.05, 4.69) is 34.2 Å². The molecule has 0 aliphatic rings. The summed E-state index contributed by atoms with van der Waals surface area (Å²) in [6.45, 7) is 0. The minimum absolute atomic E-state index is 0.912. The first-order valence-corrected chi connectivity index (χ1v) is 6.62. The van der Waals surface area contributed by atoms with Crippen LogP contribution in [0, 0.1) is 0 Å². The standard InChI is InChI=1S/C18H12N2/c1-3-7-15-13(5-1)9-11-17(19-15)18-12-10-14-6-2-4-8-16(14)20-18/h1-12H. The summed E-state index contributed by atoms with van der Waals surface area (Å²) in [5.41, 5.74) is 3.82. The van der Waals surface area contributed by atoms with Crippen LogP contribution in [0.25, 0.3) is 33.2 Å². The Kier molecular flexibility index (Phi) is 2.46. The highest BCUT2D eigenvalue weighted by molar-refractivity contribution is 5.83. The highest BCUT2D eigenvalue weighted by Crippen LogP contribution is 2.21. The van der Waals surface area contributed by atoms with E-state index >= 15 is 0 Å². The van der Waals surface area contributed by atoms with E-state index in [0.717, 1.165) is 33.2 Å². The minimum atomic E-state index is 0.912. The molecule has 2 aromatic carbocycles. The van der Waals surface area contributed by atoms with Crippen molar-refractivity contribution in [3.8, 4) is 11.4 Å². The zero-order valence-corrected chi connectivity index (χ0v) is 10.8. The van der Waals surface area contributed by atoms with Crippen molar-refractivity contribution in [1.82, 2.24) is 9.97 Å². The smallest absolute Gasteiger partial charge is 0.0894 e. The third kappa shape index (κ3) is 1.82. The molecule has 4 aromatic rings. The van der Waals surface area contributed by atoms with Crippen LogP contribution in [0.2, 0.25) is 0 Å². The maximum Gasteiger partial charge on any atom is 0.0894 e. The zero-order chi connectivity index (χ0) is 13.4. The van der Waals surface area contributed by atoms with Crippen molar-refractivity contribution in [3.05, 3.63) is 72.8 Å². The van der Waals surface area contributed by atoms with Gasteiger partial charge < -0.3 is 0 Å². The predicted molar refractivity (Wildman–Crippen MR) is 82.5 cm³/mol. The van der Waals surface area contributed by atoms with Gasteiger partial charge in [-0.2, -0.15) is 0 Å². The third-order valence-corrected chi connectivity index (χ3v) is 3.46. The molecule has 94 valence electrons. The zero-order valence-electron chi connectivity index (χ0n) is 10.8. The first kappa shape index (κ1) is 11.1. The van der Waals surface area contributed by atoms with Gasteiger partial charge in [-0.15, -0.1) is 0 Å². The van der Waals surface area contributed by atoms with Gasteiger partial charge in [-0.25, -0.2) is 9.97 Å². The highest BCUT2D eigenvalue weighted by Gasteiger charge is 2.03. The van der Waals surface area contributed by atoms with Gasteiger partial charge in [-0.3, -0.25) is 0 Å². The van der Waals surface area contributed by atoms with Crippen LogP contribution in [0.4, 0.5) is 0 Å². The van der Waals surface area contributed by atoms with E-state index in [1.54, 1.807) is 0 Å². The first-order chi connectivity index (χ1) is 9.90. The summed E-state index contributed by atoms with van der Waals surface area (Å²) in [5, 5.41) is 2.30. The SMILES string of the molecule is c1ccc2nc(-c3ccc4ccccc4n3)ccc2c1. The van der Waals surface area contributed by atoms with Crippen LogP contribution < -0.4 is 0 Å². The van der Waals surface area contributed by atoms with Gasteiger partial charge in [0.05, 0.1) is 22.4 Å². The van der Waals surface area contributed by atoms with Crippen LogP contribution in [-0.2, 0) is 0 Å². The number of fused-ring (bicyclic) bond motifs is 2. The summed E-state index contributed by atoms with van der Waals surface area (Å²) in [6, 6.07) is 24.5. The quantitative estimate of drug-likeness (QED) is 0.503. The molecule has 0 spiro atoms. The van der Waals surface area contributed by atoms with E-state index in [1.807, 2.05) is 48.5 Å². The second kappa shape index (κ2) is 4.42. The number of benzene rings is 2. The minimum Gasteiger partial charge on any atom is -0.246 e. The third-order valence-electron chi connectivity index (χ3n) is 3.46. The molecule has 0 bridgehead atoms. The van der Waals surface area contributed by atoms with Crippen LogP contribution in [-0.4, -0.2) is 9.97 Å². The lowest BCUT2D eigenvalue weighted by Gasteiger charge is -2.04. The summed E-state index contributed by atoms with van der Waals surface area (Å²) in [5.74, 6) is 0. The molecule has 0 N–H and O–H groups in total. The number of pyridine rings is 2. The van der Waals surface area contributed by atoms with Gasteiger partial charge in [0.25, 0.3) is 0 Å². The second-order valence-electron chi connectivity index (χ2n) is 4.78. The molecule has 4 rings (SSSR count). The normalized spacial score (nSPS) is 11.0. The van der Waals surface area contributed by atoms with E-state index < -0.39 is 0 Å². The maximum absolute atomic E-state index is 4.69. The molecule has 0 atom stereocenters. The van der Waals surface area contributed by atoms with E-state index in [-0.39, 0.29) is 0 Å². The number of nitrogens with zero attached hydrogens (tertiary/aromatic N) is 2. The predicted octanol–water partition coefficient (Wildman–Crippen LogP) is 4.45. The molecule has 0 saturated heterocycles. The molecule has 2 heteroatoms. The van der Waals surface area contributed by atoms with E-state index in [9.17, 15) is 0 Å². The monoisotopic (exact) mass is 256 g/mol. The van der Waals surface area contributed by atoms with Crippen molar-refractivity contribution in [1.29, 1.82) is 0 Å². The number of rotatable bonds is 1. The number of aromatic nitrogens is 2. The van der Waals surface area contributed by atoms with Gasteiger partial charge in [0, 0.05) is 10.8 Å². The maximum atomic E-state index is 4.69. The van der Waals surface area contributed by atoms with Crippen LogP contribution in [0.15, 0.2) is 72.8 Å². The molecular formula is C18H12N2. The lowest BCUT2D eigenvalue weighted by atomic mass is 10.1. The number of hydrogen-bond donors (Lipinski definition) is 0. The van der Waals surface area contributed by atoms with E-state index in [0.29, 0.717) is 0 Å². The summed E-state index contributed by atoms with van der Waals surface area (Å²) in [4.78, 5) is 9.38. The van der Waals surface area contributed by atoms with Crippen molar-refractivity contribution in [2.75, 3.05) is 0 Å². The van der Waals surface area contributed by atoms with Gasteiger partial charge in [0.2, 0.25) is 0 Å². The summed E-state index contributed by atoms with van der Waals surface area (Å²) in [6.07, 6.45) is 0. The molecule has 0 unspecified atom stereocenters. The second-order valence-corrected chi connectivity index (χ2v) is 4.78. The fraction of sp³-hybridized carbons (Fsp3) is 0. The molecule has 0 aliphatic carbocycles. The van der Waals surface area contributed by atoms with Gasteiger partial charge in [-0.1, -0.05) is 48.5 Å². The Morgan fingerprint density at radius 3 is 1.40 bits per heavy atom. The van der Waals surface area contributed by atoms with Crippen molar-refractivity contribution < 1.29 is 0 Å². The van der Waals surface area contributed by atoms with Gasteiger partial charge in [0.1, 0.15) is 0 Å². The van der Waals surface area contributed by atoms with Crippen LogP contribution in [0.3, 0.4) is 0 Å². The topological polar surface area (TPSA) is 25.8 Å². The Morgan fingerprint density at radius 2 is 0.900 bits per heavy atom. The average molecular weight is 256 g/mol. The molecule has 2 heterocycles. The lowest BCUT2D eigenvalue weighted by Crippen LogP contribution is -1.89. The Labute approximate surface area is 116 Å². The molecule has 20 heavy (non-hydrogen) atoms. The molecule has 0 aliphatic heterocycles. The lowest BCUT2D eigenvalue weighted by molar-refractivity contribution is 1.32. The Bertz CT molecular complexity index is 836. The van der Waals surface area contributed by atoms with Crippen LogP contribution in [0.1, 0.15) is 0 Å². The fourth-order valence-corrected chi connectivity index (χ4v) is 2.42. The molecule has 2 aromatic heterocycles. The van der Waals surface area contributed by atoms with E-state index in [4.69, 9.17) is 0 Å². The highest BCUT2D eigenvalue weighted by atomic mass is 14.8. The number of hydrogen-bond acceptors (Lipinski definition) is 2. The first-order valence-electron chi connectivity index (χ1n) is 6.62. The Morgan fingerprint density at radius 1 is 0.450 bits per heavy atom. The molecular weight excluding hydrogens is 244 g/mol. The number of para-hydroxylation sites is 2. The van der Waals surface area contributed by atoms with Crippen molar-refractivity contribution in [2.45, 2.75) is 0 Å². The molecule has 2 nitrogen and oxygen atoms in total. The molecule has 0 amide bonds. The Hall–Kier alpha value is -2.74. The fourth-order valence-electron chi connectivity index (χ4n) is 2.42. The summed E-state index contributed by atoms with van der Waals surface area (Å²) in [7, 11) is 0. The molecule has 0 saturated carbocycles. The average Bonchev–Trinajstić information content (AvgIpc) is 2.54. The van der Waals surface area contributed by atoms with Crippen LogP contribution >= 0.6 is 0 Å². The summed E-state index contributed by atoms with van der Waals surface area (Å²) >= 11 is 0. The van der Waals surface area contributed by atoms with Crippen LogP contribution in [0.5, 0.6) is 0 Å².